The maximum atomic E-state index is 13.1. The molecule has 0 saturated heterocycles. The summed E-state index contributed by atoms with van der Waals surface area (Å²) in [6, 6.07) is 3.79. The molecule has 0 aliphatic carbocycles. The van der Waals surface area contributed by atoms with E-state index in [9.17, 15) is 14.0 Å². The number of aliphatic carboxylic acids is 1. The summed E-state index contributed by atoms with van der Waals surface area (Å²) in [7, 11) is 0. The van der Waals surface area contributed by atoms with Crippen LogP contribution in [0.1, 0.15) is 10.4 Å². The summed E-state index contributed by atoms with van der Waals surface area (Å²) in [6.07, 6.45) is 1.58. The summed E-state index contributed by atoms with van der Waals surface area (Å²) in [4.78, 5) is 21.6. The molecule has 3 nitrogen and oxygen atoms in total. The Kier molecular flexibility index (Phi) is 3.24. The number of Topliss-reactive ketones (excluding diaryl/α,β-unsaturated/α-hetero) is 1. The predicted octanol–water partition coefficient (Wildman–Crippen LogP) is 1.81. The van der Waals surface area contributed by atoms with Gasteiger partial charge in [-0.3, -0.25) is 4.79 Å². The van der Waals surface area contributed by atoms with Crippen molar-refractivity contribution in [3.8, 4) is 0 Å². The van der Waals surface area contributed by atoms with Crippen molar-refractivity contribution in [1.82, 2.24) is 0 Å². The first kappa shape index (κ1) is 10.7. The molecule has 0 fully saturated rings. The van der Waals surface area contributed by atoms with Gasteiger partial charge in [0.2, 0.25) is 0 Å². The van der Waals surface area contributed by atoms with Crippen LogP contribution in [0.25, 0.3) is 0 Å². The first-order chi connectivity index (χ1) is 6.57. The second kappa shape index (κ2) is 4.23. The minimum absolute atomic E-state index is 0.0694. The number of rotatable bonds is 3. The first-order valence-electron chi connectivity index (χ1n) is 3.68. The number of carbonyl (C=O) groups is 2. The quantitative estimate of drug-likeness (QED) is 0.473. The molecule has 0 unspecified atom stereocenters. The molecular weight excluding hydrogens is 207 g/mol. The number of hydrogen-bond donors (Lipinski definition) is 1. The molecule has 0 spiro atoms. The van der Waals surface area contributed by atoms with E-state index in [0.717, 1.165) is 11.8 Å². The van der Waals surface area contributed by atoms with Crippen LogP contribution >= 0.6 is 11.8 Å². The Morgan fingerprint density at radius 3 is 2.57 bits per heavy atom. The Morgan fingerprint density at radius 2 is 2.07 bits per heavy atom. The zero-order valence-electron chi connectivity index (χ0n) is 7.28. The SMILES string of the molecule is CSc1c(F)cccc1C(=O)C(=O)O. The average molecular weight is 214 g/mol. The Labute approximate surface area is 83.9 Å². The fraction of sp³-hybridized carbons (Fsp3) is 0.111. The van der Waals surface area contributed by atoms with Gasteiger partial charge in [-0.25, -0.2) is 9.18 Å². The molecule has 14 heavy (non-hydrogen) atoms. The second-order valence-electron chi connectivity index (χ2n) is 2.45. The van der Waals surface area contributed by atoms with Crippen LogP contribution in [0.5, 0.6) is 0 Å². The Balaban J connectivity index is 3.27. The molecule has 0 aliphatic rings. The standard InChI is InChI=1S/C9H7FO3S/c1-14-8-5(7(11)9(12)13)3-2-4-6(8)10/h2-4H,1H3,(H,12,13). The third-order valence-electron chi connectivity index (χ3n) is 1.61. The van der Waals surface area contributed by atoms with Gasteiger partial charge in [0.15, 0.2) is 0 Å². The van der Waals surface area contributed by atoms with Crippen LogP contribution in [0.15, 0.2) is 23.1 Å². The van der Waals surface area contributed by atoms with E-state index in [4.69, 9.17) is 5.11 Å². The van der Waals surface area contributed by atoms with Gasteiger partial charge in [-0.1, -0.05) is 6.07 Å². The monoisotopic (exact) mass is 214 g/mol. The van der Waals surface area contributed by atoms with Crippen LogP contribution in [0.3, 0.4) is 0 Å². The second-order valence-corrected chi connectivity index (χ2v) is 3.27. The lowest BCUT2D eigenvalue weighted by molar-refractivity contribution is -0.131. The van der Waals surface area contributed by atoms with E-state index in [2.05, 4.69) is 0 Å². The molecule has 1 N–H and O–H groups in total. The molecule has 0 radical (unpaired) electrons. The largest absolute Gasteiger partial charge is 0.475 e. The van der Waals surface area contributed by atoms with Gasteiger partial charge in [-0.15, -0.1) is 11.8 Å². The molecule has 0 saturated carbocycles. The highest BCUT2D eigenvalue weighted by atomic mass is 32.2. The molecule has 1 rings (SSSR count). The fourth-order valence-electron chi connectivity index (χ4n) is 1.01. The van der Waals surface area contributed by atoms with Gasteiger partial charge in [0.1, 0.15) is 5.82 Å². The van der Waals surface area contributed by atoms with Gasteiger partial charge in [0.05, 0.1) is 4.90 Å². The maximum Gasteiger partial charge on any atom is 0.377 e. The van der Waals surface area contributed by atoms with Crippen LogP contribution < -0.4 is 0 Å². The van der Waals surface area contributed by atoms with Crippen LogP contribution in [-0.2, 0) is 4.79 Å². The third-order valence-corrected chi connectivity index (χ3v) is 2.43. The topological polar surface area (TPSA) is 54.4 Å². The lowest BCUT2D eigenvalue weighted by Crippen LogP contribution is -2.14. The van der Waals surface area contributed by atoms with E-state index in [-0.39, 0.29) is 10.5 Å². The zero-order chi connectivity index (χ0) is 10.7. The minimum atomic E-state index is -1.58. The van der Waals surface area contributed by atoms with Gasteiger partial charge < -0.3 is 5.11 Å². The molecule has 74 valence electrons. The summed E-state index contributed by atoms with van der Waals surface area (Å²) >= 11 is 1.01. The number of hydrogen-bond acceptors (Lipinski definition) is 3. The normalized spacial score (nSPS) is 9.86. The van der Waals surface area contributed by atoms with Crippen molar-refractivity contribution in [1.29, 1.82) is 0 Å². The fourth-order valence-corrected chi connectivity index (χ4v) is 1.65. The lowest BCUT2D eigenvalue weighted by atomic mass is 10.1. The Bertz CT molecular complexity index is 390. The summed E-state index contributed by atoms with van der Waals surface area (Å²) in [5, 5.41) is 8.47. The van der Waals surface area contributed by atoms with E-state index in [1.807, 2.05) is 0 Å². The highest BCUT2D eigenvalue weighted by Crippen LogP contribution is 2.24. The van der Waals surface area contributed by atoms with Crippen LogP contribution in [0.2, 0.25) is 0 Å². The van der Waals surface area contributed by atoms with Crippen molar-refractivity contribution in [2.75, 3.05) is 6.26 Å². The predicted molar refractivity (Wildman–Crippen MR) is 50.1 cm³/mol. The third kappa shape index (κ3) is 1.93. The molecule has 5 heteroatoms. The van der Waals surface area contributed by atoms with E-state index in [1.54, 1.807) is 6.26 Å². The molecular formula is C9H7FO3S. The van der Waals surface area contributed by atoms with Crippen molar-refractivity contribution in [3.05, 3.63) is 29.6 Å². The van der Waals surface area contributed by atoms with E-state index in [0.29, 0.717) is 0 Å². The number of carboxylic acids is 1. The minimum Gasteiger partial charge on any atom is -0.475 e. The molecule has 1 aromatic rings. The van der Waals surface area contributed by atoms with E-state index < -0.39 is 17.6 Å². The molecule has 0 bridgehead atoms. The molecule has 0 aromatic heterocycles. The van der Waals surface area contributed by atoms with E-state index >= 15 is 0 Å². The van der Waals surface area contributed by atoms with Crippen LogP contribution in [0, 0.1) is 5.82 Å². The Morgan fingerprint density at radius 1 is 1.43 bits per heavy atom. The molecule has 0 heterocycles. The van der Waals surface area contributed by atoms with Crippen LogP contribution in [-0.4, -0.2) is 23.1 Å². The summed E-state index contributed by atoms with van der Waals surface area (Å²) in [5.41, 5.74) is -0.106. The summed E-state index contributed by atoms with van der Waals surface area (Å²) in [5.74, 6) is -3.25. The highest BCUT2D eigenvalue weighted by molar-refractivity contribution is 7.98. The van der Waals surface area contributed by atoms with Gasteiger partial charge in [0.25, 0.3) is 5.78 Å². The number of ketones is 1. The zero-order valence-corrected chi connectivity index (χ0v) is 8.10. The number of benzene rings is 1. The van der Waals surface area contributed by atoms with Crippen LogP contribution in [0.4, 0.5) is 4.39 Å². The first-order valence-corrected chi connectivity index (χ1v) is 4.90. The summed E-state index contributed by atoms with van der Waals surface area (Å²) in [6.45, 7) is 0. The molecule has 0 amide bonds. The molecule has 0 aliphatic heterocycles. The maximum absolute atomic E-state index is 13.1. The van der Waals surface area contributed by atoms with Gasteiger partial charge in [0, 0.05) is 5.56 Å². The lowest BCUT2D eigenvalue weighted by Gasteiger charge is -2.03. The average Bonchev–Trinajstić information content (AvgIpc) is 2.16. The number of halogens is 1. The Hall–Kier alpha value is -1.36. The molecule has 0 atom stereocenters. The molecule has 1 aromatic carbocycles. The van der Waals surface area contributed by atoms with Crippen molar-refractivity contribution >= 4 is 23.5 Å². The number of carbonyl (C=O) groups excluding carboxylic acids is 1. The number of thioether (sulfide) groups is 1. The van der Waals surface area contributed by atoms with E-state index in [1.165, 1.54) is 18.2 Å². The van der Waals surface area contributed by atoms with Crippen molar-refractivity contribution < 1.29 is 19.1 Å². The van der Waals surface area contributed by atoms with Crippen molar-refractivity contribution in [2.45, 2.75) is 4.90 Å². The van der Waals surface area contributed by atoms with Gasteiger partial charge in [-0.2, -0.15) is 0 Å². The smallest absolute Gasteiger partial charge is 0.377 e. The number of carboxylic acid groups (broad SMARTS) is 1. The van der Waals surface area contributed by atoms with Crippen molar-refractivity contribution in [3.63, 3.8) is 0 Å². The highest BCUT2D eigenvalue weighted by Gasteiger charge is 2.19. The van der Waals surface area contributed by atoms with Gasteiger partial charge in [-0.05, 0) is 18.4 Å². The van der Waals surface area contributed by atoms with Crippen molar-refractivity contribution in [2.24, 2.45) is 0 Å². The van der Waals surface area contributed by atoms with Gasteiger partial charge >= 0.3 is 5.97 Å². The summed E-state index contributed by atoms with van der Waals surface area (Å²) < 4.78 is 13.1.